The van der Waals surface area contributed by atoms with Crippen LogP contribution in [0.2, 0.25) is 0 Å². The van der Waals surface area contributed by atoms with Gasteiger partial charge in [0.2, 0.25) is 5.91 Å². The van der Waals surface area contributed by atoms with Crippen LogP contribution < -0.4 is 5.32 Å². The largest absolute Gasteiger partial charge is 0.326 e. The van der Waals surface area contributed by atoms with Gasteiger partial charge >= 0.3 is 0 Å². The molecule has 0 aliphatic carbocycles. The van der Waals surface area contributed by atoms with Gasteiger partial charge in [0.1, 0.15) is 0 Å². The number of carbonyl (C=O) groups is 1. The van der Waals surface area contributed by atoms with Gasteiger partial charge in [0, 0.05) is 35.4 Å². The zero-order valence-corrected chi connectivity index (χ0v) is 13.7. The molecule has 3 rings (SSSR count). The minimum absolute atomic E-state index is 0.00567. The van der Waals surface area contributed by atoms with Gasteiger partial charge in [-0.15, -0.1) is 0 Å². The van der Waals surface area contributed by atoms with Crippen LogP contribution in [0.15, 0.2) is 67.0 Å². The summed E-state index contributed by atoms with van der Waals surface area (Å²) < 4.78 is 1.98. The maximum absolute atomic E-state index is 12.2. The second kappa shape index (κ2) is 7.00. The van der Waals surface area contributed by atoms with E-state index in [1.165, 1.54) is 6.07 Å². The molecule has 0 atom stereocenters. The molecule has 0 spiro atoms. The molecule has 6 heteroatoms. The zero-order valence-electron chi connectivity index (χ0n) is 13.7. The van der Waals surface area contributed by atoms with Crippen LogP contribution in [0.5, 0.6) is 0 Å². The Morgan fingerprint density at radius 1 is 1.12 bits per heavy atom. The van der Waals surface area contributed by atoms with Crippen LogP contribution >= 0.6 is 0 Å². The number of nitro benzene ring substituents is 1. The fraction of sp³-hybridized carbons (Fsp3) is 0.105. The van der Waals surface area contributed by atoms with Crippen molar-refractivity contribution in [3.63, 3.8) is 0 Å². The Kier molecular flexibility index (Phi) is 4.61. The number of anilines is 1. The standard InChI is InChI=1S/C19H17N3O3/c1-14-4-7-16(13-18(14)22(24)25)20-19(23)12-15-5-8-17(9-6-15)21-10-2-3-11-21/h2-11,13H,12H2,1H3,(H,20,23). The Labute approximate surface area is 144 Å². The maximum Gasteiger partial charge on any atom is 0.274 e. The second-order valence-electron chi connectivity index (χ2n) is 5.74. The lowest BCUT2D eigenvalue weighted by atomic mass is 10.1. The van der Waals surface area contributed by atoms with Crippen molar-refractivity contribution < 1.29 is 9.72 Å². The number of hydrogen-bond acceptors (Lipinski definition) is 3. The van der Waals surface area contributed by atoms with Gasteiger partial charge in [-0.2, -0.15) is 0 Å². The van der Waals surface area contributed by atoms with E-state index in [0.29, 0.717) is 11.3 Å². The van der Waals surface area contributed by atoms with Gasteiger partial charge in [-0.25, -0.2) is 0 Å². The highest BCUT2D eigenvalue weighted by atomic mass is 16.6. The molecule has 0 saturated heterocycles. The molecule has 25 heavy (non-hydrogen) atoms. The highest BCUT2D eigenvalue weighted by molar-refractivity contribution is 5.92. The molecule has 2 aromatic carbocycles. The molecule has 126 valence electrons. The van der Waals surface area contributed by atoms with Crippen molar-refractivity contribution in [2.24, 2.45) is 0 Å². The van der Waals surface area contributed by atoms with Gasteiger partial charge < -0.3 is 9.88 Å². The van der Waals surface area contributed by atoms with E-state index in [0.717, 1.165) is 11.3 Å². The summed E-state index contributed by atoms with van der Waals surface area (Å²) in [4.78, 5) is 22.7. The summed E-state index contributed by atoms with van der Waals surface area (Å²) in [7, 11) is 0. The third kappa shape index (κ3) is 3.92. The molecule has 1 aromatic heterocycles. The van der Waals surface area contributed by atoms with E-state index in [1.54, 1.807) is 19.1 Å². The molecule has 0 radical (unpaired) electrons. The quantitative estimate of drug-likeness (QED) is 0.568. The maximum atomic E-state index is 12.2. The first-order valence-electron chi connectivity index (χ1n) is 7.80. The van der Waals surface area contributed by atoms with E-state index in [-0.39, 0.29) is 18.0 Å². The first-order valence-corrected chi connectivity index (χ1v) is 7.80. The van der Waals surface area contributed by atoms with Gasteiger partial charge in [-0.05, 0) is 42.8 Å². The molecular formula is C19H17N3O3. The Balaban J connectivity index is 1.66. The number of aromatic nitrogens is 1. The van der Waals surface area contributed by atoms with Crippen molar-refractivity contribution >= 4 is 17.3 Å². The van der Waals surface area contributed by atoms with Crippen molar-refractivity contribution in [1.82, 2.24) is 4.57 Å². The molecule has 1 N–H and O–H groups in total. The Morgan fingerprint density at radius 2 is 1.80 bits per heavy atom. The normalized spacial score (nSPS) is 10.4. The van der Waals surface area contributed by atoms with E-state index >= 15 is 0 Å². The minimum Gasteiger partial charge on any atom is -0.326 e. The van der Waals surface area contributed by atoms with Crippen molar-refractivity contribution in [3.05, 3.63) is 88.2 Å². The summed E-state index contributed by atoms with van der Waals surface area (Å²) in [6, 6.07) is 16.2. The average Bonchev–Trinajstić information content (AvgIpc) is 3.11. The van der Waals surface area contributed by atoms with Crippen molar-refractivity contribution in [2.75, 3.05) is 5.32 Å². The number of aryl methyl sites for hydroxylation is 1. The van der Waals surface area contributed by atoms with Gasteiger partial charge in [-0.3, -0.25) is 14.9 Å². The lowest BCUT2D eigenvalue weighted by molar-refractivity contribution is -0.385. The summed E-state index contributed by atoms with van der Waals surface area (Å²) in [6.07, 6.45) is 4.10. The Bertz CT molecular complexity index is 900. The van der Waals surface area contributed by atoms with Crippen molar-refractivity contribution in [2.45, 2.75) is 13.3 Å². The molecule has 0 unspecified atom stereocenters. The number of nitrogens with one attached hydrogen (secondary N) is 1. The van der Waals surface area contributed by atoms with Crippen LogP contribution in [-0.4, -0.2) is 15.4 Å². The lowest BCUT2D eigenvalue weighted by Gasteiger charge is -2.08. The number of nitrogens with zero attached hydrogens (tertiary/aromatic N) is 2. The third-order valence-corrected chi connectivity index (χ3v) is 3.89. The van der Waals surface area contributed by atoms with Crippen LogP contribution in [0.3, 0.4) is 0 Å². The summed E-state index contributed by atoms with van der Waals surface area (Å²) in [5.74, 6) is -0.216. The fourth-order valence-corrected chi connectivity index (χ4v) is 2.57. The predicted molar refractivity (Wildman–Crippen MR) is 95.9 cm³/mol. The monoisotopic (exact) mass is 335 g/mol. The van der Waals surface area contributed by atoms with Crippen LogP contribution in [0.25, 0.3) is 5.69 Å². The van der Waals surface area contributed by atoms with Crippen LogP contribution in [0.4, 0.5) is 11.4 Å². The van der Waals surface area contributed by atoms with Crippen LogP contribution in [0.1, 0.15) is 11.1 Å². The number of benzene rings is 2. The van der Waals surface area contributed by atoms with E-state index in [9.17, 15) is 14.9 Å². The SMILES string of the molecule is Cc1ccc(NC(=O)Cc2ccc(-n3cccc3)cc2)cc1[N+](=O)[O-]. The second-order valence-corrected chi connectivity index (χ2v) is 5.74. The van der Waals surface area contributed by atoms with Crippen molar-refractivity contribution in [3.8, 4) is 5.69 Å². The Morgan fingerprint density at radius 3 is 2.44 bits per heavy atom. The summed E-state index contributed by atoms with van der Waals surface area (Å²) in [5.41, 5.74) is 2.86. The van der Waals surface area contributed by atoms with E-state index in [2.05, 4.69) is 5.32 Å². The highest BCUT2D eigenvalue weighted by Gasteiger charge is 2.12. The Hall–Kier alpha value is -3.41. The van der Waals surface area contributed by atoms with E-state index in [4.69, 9.17) is 0 Å². The highest BCUT2D eigenvalue weighted by Crippen LogP contribution is 2.22. The summed E-state index contributed by atoms with van der Waals surface area (Å²) in [6.45, 7) is 1.66. The molecule has 1 heterocycles. The molecule has 0 bridgehead atoms. The van der Waals surface area contributed by atoms with Crippen LogP contribution in [-0.2, 0) is 11.2 Å². The smallest absolute Gasteiger partial charge is 0.274 e. The zero-order chi connectivity index (χ0) is 17.8. The van der Waals surface area contributed by atoms with E-state index < -0.39 is 4.92 Å². The van der Waals surface area contributed by atoms with Gasteiger partial charge in [-0.1, -0.05) is 18.2 Å². The lowest BCUT2D eigenvalue weighted by Crippen LogP contribution is -2.14. The average molecular weight is 335 g/mol. The number of amides is 1. The molecule has 1 amide bonds. The van der Waals surface area contributed by atoms with E-state index in [1.807, 2.05) is 53.4 Å². The molecular weight excluding hydrogens is 318 g/mol. The molecule has 0 aliphatic heterocycles. The fourth-order valence-electron chi connectivity index (χ4n) is 2.57. The predicted octanol–water partition coefficient (Wildman–Crippen LogP) is 3.88. The molecule has 0 saturated carbocycles. The molecule has 0 aliphatic rings. The van der Waals surface area contributed by atoms with Crippen molar-refractivity contribution in [1.29, 1.82) is 0 Å². The number of hydrogen-bond donors (Lipinski definition) is 1. The summed E-state index contributed by atoms with van der Waals surface area (Å²) in [5, 5.41) is 13.7. The van der Waals surface area contributed by atoms with Gasteiger partial charge in [0.25, 0.3) is 5.69 Å². The van der Waals surface area contributed by atoms with Gasteiger partial charge in [0.05, 0.1) is 11.3 Å². The molecule has 3 aromatic rings. The number of carbonyl (C=O) groups excluding carboxylic acids is 1. The first kappa shape index (κ1) is 16.4. The molecule has 6 nitrogen and oxygen atoms in total. The summed E-state index contributed by atoms with van der Waals surface area (Å²) >= 11 is 0. The molecule has 0 fully saturated rings. The number of rotatable bonds is 5. The minimum atomic E-state index is -0.453. The van der Waals surface area contributed by atoms with Gasteiger partial charge in [0.15, 0.2) is 0 Å². The van der Waals surface area contributed by atoms with Crippen LogP contribution in [0, 0.1) is 17.0 Å². The third-order valence-electron chi connectivity index (χ3n) is 3.89. The number of nitro groups is 1. The first-order chi connectivity index (χ1) is 12.0. The topological polar surface area (TPSA) is 77.2 Å².